The molecule has 0 aliphatic carbocycles. The van der Waals surface area contributed by atoms with E-state index in [1.807, 2.05) is 5.32 Å². The average Bonchev–Trinajstić information content (AvgIpc) is 2.56. The van der Waals surface area contributed by atoms with Gasteiger partial charge in [-0.3, -0.25) is 4.79 Å². The van der Waals surface area contributed by atoms with Gasteiger partial charge in [0.05, 0.1) is 6.04 Å². The molecule has 1 fully saturated rings. The van der Waals surface area contributed by atoms with Crippen LogP contribution in [-0.4, -0.2) is 47.8 Å². The van der Waals surface area contributed by atoms with Crippen molar-refractivity contribution in [3.8, 4) is 0 Å². The number of nitrogens with zero attached hydrogens (tertiary/aromatic N) is 1. The van der Waals surface area contributed by atoms with E-state index in [2.05, 4.69) is 0 Å². The topological polar surface area (TPSA) is 58.6 Å². The number of hydrogen-bond donors (Lipinski definition) is 1. The molecule has 0 bridgehead atoms. The van der Waals surface area contributed by atoms with Gasteiger partial charge in [0.2, 0.25) is 0 Å². The first-order chi connectivity index (χ1) is 8.90. The van der Waals surface area contributed by atoms with Crippen molar-refractivity contribution in [1.82, 2.24) is 10.2 Å². The summed E-state index contributed by atoms with van der Waals surface area (Å²) >= 11 is 0. The van der Waals surface area contributed by atoms with E-state index in [1.54, 1.807) is 27.7 Å². The average molecular weight is 296 g/mol. The molecule has 1 aliphatic rings. The minimum atomic E-state index is -4.92. The molecule has 1 heterocycles. The van der Waals surface area contributed by atoms with Gasteiger partial charge in [0.1, 0.15) is 5.60 Å². The number of carbonyl (C=O) groups is 2. The summed E-state index contributed by atoms with van der Waals surface area (Å²) in [5.41, 5.74) is -0.673. The van der Waals surface area contributed by atoms with Gasteiger partial charge in [0, 0.05) is 13.1 Å². The van der Waals surface area contributed by atoms with Crippen LogP contribution in [0.4, 0.5) is 18.0 Å². The van der Waals surface area contributed by atoms with Crippen LogP contribution in [0.25, 0.3) is 0 Å². The summed E-state index contributed by atoms with van der Waals surface area (Å²) in [5.74, 6) is -2.26. The van der Waals surface area contributed by atoms with E-state index >= 15 is 0 Å². The predicted molar refractivity (Wildman–Crippen MR) is 65.0 cm³/mol. The Hall–Kier alpha value is -1.47. The Bertz CT molecular complexity index is 390. The smallest absolute Gasteiger partial charge is 0.444 e. The zero-order valence-corrected chi connectivity index (χ0v) is 11.9. The van der Waals surface area contributed by atoms with Gasteiger partial charge in [-0.1, -0.05) is 6.92 Å². The quantitative estimate of drug-likeness (QED) is 0.804. The zero-order valence-electron chi connectivity index (χ0n) is 11.9. The Morgan fingerprint density at radius 1 is 1.20 bits per heavy atom. The summed E-state index contributed by atoms with van der Waals surface area (Å²) in [4.78, 5) is 24.0. The number of nitrogens with one attached hydrogen (secondary N) is 1. The lowest BCUT2D eigenvalue weighted by atomic mass is 10.1. The molecular weight excluding hydrogens is 277 g/mol. The van der Waals surface area contributed by atoms with Gasteiger partial charge >= 0.3 is 18.2 Å². The van der Waals surface area contributed by atoms with Gasteiger partial charge in [-0.25, -0.2) is 4.79 Å². The highest BCUT2D eigenvalue weighted by Crippen LogP contribution is 2.21. The molecule has 20 heavy (non-hydrogen) atoms. The lowest BCUT2D eigenvalue weighted by molar-refractivity contribution is -0.174. The second-order valence-corrected chi connectivity index (χ2v) is 5.94. The summed E-state index contributed by atoms with van der Waals surface area (Å²) in [7, 11) is 0. The molecule has 116 valence electrons. The Morgan fingerprint density at radius 3 is 2.20 bits per heavy atom. The van der Waals surface area contributed by atoms with Gasteiger partial charge in [0.15, 0.2) is 0 Å². The fourth-order valence-electron chi connectivity index (χ4n) is 1.88. The molecule has 2 unspecified atom stereocenters. The largest absolute Gasteiger partial charge is 0.471 e. The Labute approximate surface area is 115 Å². The molecule has 8 heteroatoms. The van der Waals surface area contributed by atoms with Crippen LogP contribution in [0.1, 0.15) is 27.7 Å². The summed E-state index contributed by atoms with van der Waals surface area (Å²) in [6.45, 7) is 7.04. The van der Waals surface area contributed by atoms with Crippen molar-refractivity contribution in [3.05, 3.63) is 0 Å². The number of hydrogen-bond acceptors (Lipinski definition) is 3. The maximum absolute atomic E-state index is 12.2. The summed E-state index contributed by atoms with van der Waals surface area (Å²) < 4.78 is 41.7. The second kappa shape index (κ2) is 5.49. The van der Waals surface area contributed by atoms with E-state index in [1.165, 1.54) is 4.90 Å². The van der Waals surface area contributed by atoms with Crippen LogP contribution in [-0.2, 0) is 9.53 Å². The number of carbonyl (C=O) groups excluding carboxylic acids is 2. The maximum atomic E-state index is 12.2. The van der Waals surface area contributed by atoms with E-state index in [9.17, 15) is 22.8 Å². The molecule has 1 rings (SSSR count). The van der Waals surface area contributed by atoms with Gasteiger partial charge in [-0.05, 0) is 26.7 Å². The monoisotopic (exact) mass is 296 g/mol. The second-order valence-electron chi connectivity index (χ2n) is 5.94. The third kappa shape index (κ3) is 4.57. The van der Waals surface area contributed by atoms with Crippen LogP contribution in [0.2, 0.25) is 0 Å². The Morgan fingerprint density at radius 2 is 1.75 bits per heavy atom. The van der Waals surface area contributed by atoms with Crippen molar-refractivity contribution in [2.45, 2.75) is 45.5 Å². The van der Waals surface area contributed by atoms with E-state index < -0.39 is 29.8 Å². The molecule has 0 saturated carbocycles. The van der Waals surface area contributed by atoms with Crippen molar-refractivity contribution in [2.24, 2.45) is 5.92 Å². The highest BCUT2D eigenvalue weighted by molar-refractivity contribution is 5.82. The molecule has 0 aromatic carbocycles. The Balaban J connectivity index is 2.59. The number of rotatable bonds is 1. The van der Waals surface area contributed by atoms with Crippen LogP contribution in [0.3, 0.4) is 0 Å². The fourth-order valence-corrected chi connectivity index (χ4v) is 1.88. The standard InChI is InChI=1S/C12H19F3N2O3/c1-7-5-17(10(19)20-11(2,3)4)6-8(7)16-9(18)12(13,14)15/h7-8H,5-6H2,1-4H3,(H,16,18). The number of ether oxygens (including phenoxy) is 1. The third-order valence-electron chi connectivity index (χ3n) is 2.84. The third-order valence-corrected chi connectivity index (χ3v) is 2.84. The zero-order chi connectivity index (χ0) is 15.7. The lowest BCUT2D eigenvalue weighted by Crippen LogP contribution is -2.46. The highest BCUT2D eigenvalue weighted by Gasteiger charge is 2.43. The minimum absolute atomic E-state index is 0.0118. The first kappa shape index (κ1) is 16.6. The normalized spacial score (nSPS) is 23.6. The molecule has 0 aromatic heterocycles. The predicted octanol–water partition coefficient (Wildman–Crippen LogP) is 1.92. The van der Waals surface area contributed by atoms with E-state index in [-0.39, 0.29) is 19.0 Å². The molecule has 2 amide bonds. The van der Waals surface area contributed by atoms with Crippen molar-refractivity contribution >= 4 is 12.0 Å². The van der Waals surface area contributed by atoms with Crippen LogP contribution < -0.4 is 5.32 Å². The first-order valence-electron chi connectivity index (χ1n) is 6.26. The van der Waals surface area contributed by atoms with Crippen molar-refractivity contribution in [3.63, 3.8) is 0 Å². The van der Waals surface area contributed by atoms with Gasteiger partial charge < -0.3 is 15.0 Å². The molecule has 1 N–H and O–H groups in total. The summed E-state index contributed by atoms with van der Waals surface area (Å²) in [6, 6.07) is -0.725. The van der Waals surface area contributed by atoms with Gasteiger partial charge in [-0.15, -0.1) is 0 Å². The van der Waals surface area contributed by atoms with Crippen LogP contribution in [0, 0.1) is 5.92 Å². The molecule has 2 atom stereocenters. The molecule has 0 aromatic rings. The van der Waals surface area contributed by atoms with Crippen molar-refractivity contribution in [2.75, 3.05) is 13.1 Å². The van der Waals surface area contributed by atoms with E-state index in [0.29, 0.717) is 0 Å². The van der Waals surface area contributed by atoms with Crippen molar-refractivity contribution < 1.29 is 27.5 Å². The van der Waals surface area contributed by atoms with Crippen LogP contribution >= 0.6 is 0 Å². The number of likely N-dealkylation sites (tertiary alicyclic amines) is 1. The fraction of sp³-hybridized carbons (Fsp3) is 0.833. The minimum Gasteiger partial charge on any atom is -0.444 e. The maximum Gasteiger partial charge on any atom is 0.471 e. The summed E-state index contributed by atoms with van der Waals surface area (Å²) in [6.07, 6.45) is -5.51. The van der Waals surface area contributed by atoms with E-state index in [4.69, 9.17) is 4.74 Å². The lowest BCUT2D eigenvalue weighted by Gasteiger charge is -2.24. The molecule has 1 saturated heterocycles. The number of amides is 2. The molecule has 0 spiro atoms. The highest BCUT2D eigenvalue weighted by atomic mass is 19.4. The van der Waals surface area contributed by atoms with Crippen molar-refractivity contribution in [1.29, 1.82) is 0 Å². The number of alkyl halides is 3. The molecular formula is C12H19F3N2O3. The van der Waals surface area contributed by atoms with Gasteiger partial charge in [-0.2, -0.15) is 13.2 Å². The van der Waals surface area contributed by atoms with E-state index in [0.717, 1.165) is 0 Å². The van der Waals surface area contributed by atoms with Crippen LogP contribution in [0.15, 0.2) is 0 Å². The summed E-state index contributed by atoms with van der Waals surface area (Å²) in [5, 5.41) is 1.90. The molecule has 5 nitrogen and oxygen atoms in total. The molecule has 0 radical (unpaired) electrons. The SMILES string of the molecule is CC1CN(C(=O)OC(C)(C)C)CC1NC(=O)C(F)(F)F. The Kier molecular flexibility index (Phi) is 4.55. The number of halogens is 3. The van der Waals surface area contributed by atoms with Gasteiger partial charge in [0.25, 0.3) is 0 Å². The van der Waals surface area contributed by atoms with Crippen LogP contribution in [0.5, 0.6) is 0 Å². The first-order valence-corrected chi connectivity index (χ1v) is 6.26. The molecule has 1 aliphatic heterocycles.